The van der Waals surface area contributed by atoms with Crippen LogP contribution >= 0.6 is 0 Å². The van der Waals surface area contributed by atoms with Gasteiger partial charge in [-0.15, -0.1) is 0 Å². The third-order valence-electron chi connectivity index (χ3n) is 3.24. The zero-order valence-electron chi connectivity index (χ0n) is 8.84. The van der Waals surface area contributed by atoms with Crippen molar-refractivity contribution in [3.63, 3.8) is 0 Å². The summed E-state index contributed by atoms with van der Waals surface area (Å²) < 4.78 is 0. The van der Waals surface area contributed by atoms with Gasteiger partial charge in [0.2, 0.25) is 0 Å². The summed E-state index contributed by atoms with van der Waals surface area (Å²) in [5.74, 6) is 0.880. The van der Waals surface area contributed by atoms with Gasteiger partial charge in [-0.2, -0.15) is 0 Å². The summed E-state index contributed by atoms with van der Waals surface area (Å²) in [6, 6.07) is 0.934. The summed E-state index contributed by atoms with van der Waals surface area (Å²) >= 11 is 0. The molecule has 1 aliphatic rings. The lowest BCUT2D eigenvalue weighted by atomic mass is 9.90. The van der Waals surface area contributed by atoms with Gasteiger partial charge in [-0.3, -0.25) is 0 Å². The molecule has 12 heavy (non-hydrogen) atoms. The van der Waals surface area contributed by atoms with Gasteiger partial charge in [0.1, 0.15) is 0 Å². The van der Waals surface area contributed by atoms with E-state index in [9.17, 15) is 0 Å². The van der Waals surface area contributed by atoms with Crippen LogP contribution in [0.15, 0.2) is 0 Å². The van der Waals surface area contributed by atoms with Gasteiger partial charge in [-0.25, -0.2) is 0 Å². The van der Waals surface area contributed by atoms with Crippen LogP contribution in [0.1, 0.15) is 46.5 Å². The fraction of sp³-hybridized carbons (Fsp3) is 1.00. The van der Waals surface area contributed by atoms with Crippen molar-refractivity contribution in [2.24, 2.45) is 5.92 Å². The van der Waals surface area contributed by atoms with Crippen molar-refractivity contribution in [1.29, 1.82) is 0 Å². The highest BCUT2D eigenvalue weighted by atomic mass is 15.2. The van der Waals surface area contributed by atoms with Crippen molar-refractivity contribution in [3.05, 3.63) is 0 Å². The molecule has 0 N–H and O–H groups in total. The molecule has 0 aromatic carbocycles. The highest BCUT2D eigenvalue weighted by Crippen LogP contribution is 2.25. The second-order valence-corrected chi connectivity index (χ2v) is 4.19. The highest BCUT2D eigenvalue weighted by Gasteiger charge is 2.24. The van der Waals surface area contributed by atoms with Crippen LogP contribution in [0.3, 0.4) is 0 Å². The first kappa shape index (κ1) is 10.0. The largest absolute Gasteiger partial charge is 0.300 e. The fourth-order valence-electron chi connectivity index (χ4n) is 1.82. The van der Waals surface area contributed by atoms with E-state index >= 15 is 0 Å². The number of hydrogen-bond donors (Lipinski definition) is 0. The summed E-state index contributed by atoms with van der Waals surface area (Å²) in [7, 11) is 0. The molecule has 1 rings (SSSR count). The summed E-state index contributed by atoms with van der Waals surface area (Å²) in [6.07, 6.45) is 5.68. The SMILES string of the molecule is CCC(C)CN(CC)C1CCC1. The van der Waals surface area contributed by atoms with E-state index in [1.54, 1.807) is 0 Å². The minimum Gasteiger partial charge on any atom is -0.300 e. The third-order valence-corrected chi connectivity index (χ3v) is 3.24. The van der Waals surface area contributed by atoms with Crippen LogP contribution in [0.25, 0.3) is 0 Å². The Kier molecular flexibility index (Phi) is 4.07. The second-order valence-electron chi connectivity index (χ2n) is 4.19. The predicted molar refractivity (Wildman–Crippen MR) is 54.3 cm³/mol. The van der Waals surface area contributed by atoms with Gasteiger partial charge in [0.25, 0.3) is 0 Å². The third kappa shape index (κ3) is 2.48. The first-order valence-corrected chi connectivity index (χ1v) is 5.52. The monoisotopic (exact) mass is 169 g/mol. The molecule has 0 aromatic heterocycles. The van der Waals surface area contributed by atoms with E-state index in [0.717, 1.165) is 12.0 Å². The average Bonchev–Trinajstić information content (AvgIpc) is 1.99. The molecule has 0 saturated heterocycles. The Labute approximate surface area is 77.1 Å². The molecular weight excluding hydrogens is 146 g/mol. The van der Waals surface area contributed by atoms with Crippen molar-refractivity contribution >= 4 is 0 Å². The Bertz CT molecular complexity index is 118. The molecule has 0 spiro atoms. The Morgan fingerprint density at radius 3 is 2.33 bits per heavy atom. The van der Waals surface area contributed by atoms with Gasteiger partial charge in [0.05, 0.1) is 0 Å². The average molecular weight is 169 g/mol. The second kappa shape index (κ2) is 4.86. The van der Waals surface area contributed by atoms with E-state index in [0.29, 0.717) is 0 Å². The van der Waals surface area contributed by atoms with Crippen molar-refractivity contribution < 1.29 is 0 Å². The summed E-state index contributed by atoms with van der Waals surface area (Å²) in [4.78, 5) is 2.66. The zero-order valence-corrected chi connectivity index (χ0v) is 8.84. The maximum Gasteiger partial charge on any atom is 0.00952 e. The van der Waals surface area contributed by atoms with Crippen LogP contribution in [0.4, 0.5) is 0 Å². The molecule has 1 atom stereocenters. The maximum absolute atomic E-state index is 2.66. The molecule has 0 heterocycles. The molecule has 0 amide bonds. The van der Waals surface area contributed by atoms with Gasteiger partial charge in [-0.1, -0.05) is 33.6 Å². The Hall–Kier alpha value is -0.0400. The molecule has 0 aromatic rings. The van der Waals surface area contributed by atoms with Gasteiger partial charge >= 0.3 is 0 Å². The molecule has 72 valence electrons. The van der Waals surface area contributed by atoms with Crippen LogP contribution < -0.4 is 0 Å². The van der Waals surface area contributed by atoms with Crippen molar-refractivity contribution in [1.82, 2.24) is 4.90 Å². The van der Waals surface area contributed by atoms with Gasteiger partial charge in [0.15, 0.2) is 0 Å². The Morgan fingerprint density at radius 1 is 1.33 bits per heavy atom. The molecule has 1 unspecified atom stereocenters. The van der Waals surface area contributed by atoms with Crippen molar-refractivity contribution in [2.75, 3.05) is 13.1 Å². The van der Waals surface area contributed by atoms with Gasteiger partial charge in [0, 0.05) is 12.6 Å². The topological polar surface area (TPSA) is 3.24 Å². The van der Waals surface area contributed by atoms with Crippen LogP contribution in [0.5, 0.6) is 0 Å². The molecular formula is C11H23N. The van der Waals surface area contributed by atoms with E-state index in [1.165, 1.54) is 38.8 Å². The lowest BCUT2D eigenvalue weighted by Crippen LogP contribution is -2.42. The standard InChI is InChI=1S/C11H23N/c1-4-10(3)9-12(5-2)11-7-6-8-11/h10-11H,4-9H2,1-3H3. The van der Waals surface area contributed by atoms with Crippen LogP contribution in [-0.2, 0) is 0 Å². The molecule has 0 bridgehead atoms. The lowest BCUT2D eigenvalue weighted by Gasteiger charge is -2.38. The number of hydrogen-bond acceptors (Lipinski definition) is 1. The molecule has 1 nitrogen and oxygen atoms in total. The number of nitrogens with zero attached hydrogens (tertiary/aromatic N) is 1. The fourth-order valence-corrected chi connectivity index (χ4v) is 1.82. The molecule has 1 fully saturated rings. The van der Waals surface area contributed by atoms with Crippen molar-refractivity contribution in [2.45, 2.75) is 52.5 Å². The highest BCUT2D eigenvalue weighted by molar-refractivity contribution is 4.79. The minimum absolute atomic E-state index is 0.880. The molecule has 1 saturated carbocycles. The smallest absolute Gasteiger partial charge is 0.00952 e. The first-order valence-electron chi connectivity index (χ1n) is 5.52. The Balaban J connectivity index is 2.24. The van der Waals surface area contributed by atoms with E-state index in [-0.39, 0.29) is 0 Å². The van der Waals surface area contributed by atoms with E-state index in [2.05, 4.69) is 25.7 Å². The zero-order chi connectivity index (χ0) is 8.97. The first-order chi connectivity index (χ1) is 5.77. The minimum atomic E-state index is 0.880. The van der Waals surface area contributed by atoms with E-state index < -0.39 is 0 Å². The molecule has 0 radical (unpaired) electrons. The van der Waals surface area contributed by atoms with Crippen LogP contribution in [0.2, 0.25) is 0 Å². The van der Waals surface area contributed by atoms with Gasteiger partial charge in [-0.05, 0) is 25.3 Å². The maximum atomic E-state index is 2.66. The number of rotatable bonds is 5. The quantitative estimate of drug-likeness (QED) is 0.611. The molecule has 1 heteroatoms. The van der Waals surface area contributed by atoms with E-state index in [1.807, 2.05) is 0 Å². The summed E-state index contributed by atoms with van der Waals surface area (Å²) in [5.41, 5.74) is 0. The normalized spacial score (nSPS) is 21.0. The van der Waals surface area contributed by atoms with Crippen LogP contribution in [0, 0.1) is 5.92 Å². The van der Waals surface area contributed by atoms with E-state index in [4.69, 9.17) is 0 Å². The molecule has 0 aliphatic heterocycles. The molecule has 1 aliphatic carbocycles. The lowest BCUT2D eigenvalue weighted by molar-refractivity contribution is 0.116. The summed E-state index contributed by atoms with van der Waals surface area (Å²) in [6.45, 7) is 9.51. The van der Waals surface area contributed by atoms with Crippen LogP contribution in [-0.4, -0.2) is 24.0 Å². The van der Waals surface area contributed by atoms with Gasteiger partial charge < -0.3 is 4.90 Å². The predicted octanol–water partition coefficient (Wildman–Crippen LogP) is 2.91. The Morgan fingerprint density at radius 2 is 2.00 bits per heavy atom. The summed E-state index contributed by atoms with van der Waals surface area (Å²) in [5, 5.41) is 0. The van der Waals surface area contributed by atoms with Crippen molar-refractivity contribution in [3.8, 4) is 0 Å².